The first-order chi connectivity index (χ1) is 7.47. The highest BCUT2D eigenvalue weighted by molar-refractivity contribution is 5.21. The van der Waals surface area contributed by atoms with Gasteiger partial charge in [-0.15, -0.1) is 0 Å². The second-order valence-corrected chi connectivity index (χ2v) is 5.97. The number of nitrogens with zero attached hydrogens (tertiary/aromatic N) is 1. The highest BCUT2D eigenvalue weighted by atomic mass is 15.0. The second kappa shape index (κ2) is 4.21. The molecule has 1 aromatic heterocycles. The molecule has 2 rings (SSSR count). The number of nitrogens with one attached hydrogen (secondary N) is 2. The van der Waals surface area contributed by atoms with Gasteiger partial charge in [-0.25, -0.2) is 4.98 Å². The van der Waals surface area contributed by atoms with E-state index in [1.165, 1.54) is 17.8 Å². The van der Waals surface area contributed by atoms with Gasteiger partial charge in [0, 0.05) is 17.5 Å². The minimum absolute atomic E-state index is 0.146. The van der Waals surface area contributed by atoms with Crippen molar-refractivity contribution in [2.45, 2.75) is 46.0 Å². The third-order valence-electron chi connectivity index (χ3n) is 3.29. The summed E-state index contributed by atoms with van der Waals surface area (Å²) in [6.07, 6.45) is 2.37. The van der Waals surface area contributed by atoms with Crippen LogP contribution >= 0.6 is 0 Å². The number of aromatic amines is 1. The Labute approximate surface area is 98.1 Å². The van der Waals surface area contributed by atoms with Gasteiger partial charge >= 0.3 is 0 Å². The fourth-order valence-electron chi connectivity index (χ4n) is 2.51. The Balaban J connectivity index is 2.11. The Kier molecular flexibility index (Phi) is 3.06. The molecule has 3 nitrogen and oxygen atoms in total. The van der Waals surface area contributed by atoms with Gasteiger partial charge in [0.1, 0.15) is 5.82 Å². The molecular weight excluding hydrogens is 198 g/mol. The van der Waals surface area contributed by atoms with E-state index in [0.717, 1.165) is 31.3 Å². The molecule has 0 aliphatic carbocycles. The van der Waals surface area contributed by atoms with Gasteiger partial charge in [0.05, 0.1) is 5.69 Å². The van der Waals surface area contributed by atoms with Crippen molar-refractivity contribution < 1.29 is 0 Å². The van der Waals surface area contributed by atoms with Crippen molar-refractivity contribution in [3.63, 3.8) is 0 Å². The summed E-state index contributed by atoms with van der Waals surface area (Å²) in [5, 5.41) is 3.40. The number of hydrogen-bond donors (Lipinski definition) is 2. The molecule has 0 spiro atoms. The molecule has 1 aromatic rings. The van der Waals surface area contributed by atoms with Crippen LogP contribution in [0, 0.1) is 12.8 Å². The second-order valence-electron chi connectivity index (χ2n) is 5.97. The number of rotatable bonds is 2. The lowest BCUT2D eigenvalue weighted by Gasteiger charge is -2.16. The van der Waals surface area contributed by atoms with Gasteiger partial charge in [-0.1, -0.05) is 20.8 Å². The van der Waals surface area contributed by atoms with Crippen molar-refractivity contribution in [1.82, 2.24) is 15.3 Å². The van der Waals surface area contributed by atoms with E-state index in [2.05, 4.69) is 38.0 Å². The number of hydrogen-bond acceptors (Lipinski definition) is 2. The maximum atomic E-state index is 4.76. The van der Waals surface area contributed by atoms with Crippen LogP contribution in [0.3, 0.4) is 0 Å². The van der Waals surface area contributed by atoms with E-state index < -0.39 is 0 Å². The summed E-state index contributed by atoms with van der Waals surface area (Å²) in [4.78, 5) is 8.20. The average Bonchev–Trinajstić information content (AvgIpc) is 2.74. The zero-order valence-corrected chi connectivity index (χ0v) is 10.9. The zero-order chi connectivity index (χ0) is 11.8. The van der Waals surface area contributed by atoms with E-state index in [9.17, 15) is 0 Å². The minimum atomic E-state index is 0.146. The van der Waals surface area contributed by atoms with Crippen LogP contribution in [0.25, 0.3) is 0 Å². The molecular formula is C13H23N3. The van der Waals surface area contributed by atoms with Gasteiger partial charge in [-0.3, -0.25) is 0 Å². The van der Waals surface area contributed by atoms with Gasteiger partial charge in [-0.2, -0.15) is 0 Å². The molecule has 1 unspecified atom stereocenters. The molecule has 1 aliphatic rings. The molecule has 0 bridgehead atoms. The summed E-state index contributed by atoms with van der Waals surface area (Å²) >= 11 is 0. The third kappa shape index (κ3) is 2.46. The van der Waals surface area contributed by atoms with Gasteiger partial charge in [0.15, 0.2) is 0 Å². The molecule has 3 heteroatoms. The van der Waals surface area contributed by atoms with Crippen LogP contribution in [0.2, 0.25) is 0 Å². The van der Waals surface area contributed by atoms with Crippen molar-refractivity contribution in [1.29, 1.82) is 0 Å². The molecule has 1 saturated heterocycles. The normalized spacial score (nSPS) is 21.6. The molecule has 90 valence electrons. The summed E-state index contributed by atoms with van der Waals surface area (Å²) < 4.78 is 0. The first kappa shape index (κ1) is 11.6. The van der Waals surface area contributed by atoms with Gasteiger partial charge in [0.2, 0.25) is 0 Å². The van der Waals surface area contributed by atoms with Gasteiger partial charge in [0.25, 0.3) is 0 Å². The van der Waals surface area contributed by atoms with Crippen LogP contribution in [0.5, 0.6) is 0 Å². The van der Waals surface area contributed by atoms with Gasteiger partial charge < -0.3 is 10.3 Å². The molecule has 0 amide bonds. The molecule has 0 aromatic carbocycles. The summed E-state index contributed by atoms with van der Waals surface area (Å²) in [6, 6.07) is 0. The van der Waals surface area contributed by atoms with E-state index >= 15 is 0 Å². The molecule has 0 saturated carbocycles. The third-order valence-corrected chi connectivity index (χ3v) is 3.29. The molecule has 1 atom stereocenters. The maximum Gasteiger partial charge on any atom is 0.106 e. The Bertz CT molecular complexity index is 354. The van der Waals surface area contributed by atoms with E-state index in [-0.39, 0.29) is 5.41 Å². The fraction of sp³-hybridized carbons (Fsp3) is 0.769. The first-order valence-electron chi connectivity index (χ1n) is 6.23. The molecule has 1 aliphatic heterocycles. The maximum absolute atomic E-state index is 4.76. The molecule has 0 radical (unpaired) electrons. The molecule has 2 N–H and O–H groups in total. The van der Waals surface area contributed by atoms with E-state index in [1.807, 2.05) is 0 Å². The van der Waals surface area contributed by atoms with Crippen LogP contribution in [0.4, 0.5) is 0 Å². The lowest BCUT2D eigenvalue weighted by atomic mass is 9.91. The Morgan fingerprint density at radius 1 is 1.38 bits per heavy atom. The Hall–Kier alpha value is -0.830. The summed E-state index contributed by atoms with van der Waals surface area (Å²) in [5.74, 6) is 1.93. The zero-order valence-electron chi connectivity index (χ0n) is 10.9. The average molecular weight is 221 g/mol. The van der Waals surface area contributed by atoms with Crippen LogP contribution in [0.15, 0.2) is 0 Å². The highest BCUT2D eigenvalue weighted by Crippen LogP contribution is 2.24. The quantitative estimate of drug-likeness (QED) is 0.803. The predicted molar refractivity (Wildman–Crippen MR) is 66.7 cm³/mol. The van der Waals surface area contributed by atoms with Crippen LogP contribution in [0.1, 0.15) is 44.4 Å². The number of H-pyrrole nitrogens is 1. The summed E-state index contributed by atoms with van der Waals surface area (Å²) in [7, 11) is 0. The molecule has 1 fully saturated rings. The highest BCUT2D eigenvalue weighted by Gasteiger charge is 2.22. The van der Waals surface area contributed by atoms with E-state index in [4.69, 9.17) is 4.98 Å². The number of aryl methyl sites for hydroxylation is 1. The van der Waals surface area contributed by atoms with Crippen LogP contribution in [-0.4, -0.2) is 23.1 Å². The van der Waals surface area contributed by atoms with Crippen molar-refractivity contribution in [2.75, 3.05) is 13.1 Å². The Morgan fingerprint density at radius 2 is 2.12 bits per heavy atom. The van der Waals surface area contributed by atoms with Crippen molar-refractivity contribution in [2.24, 2.45) is 5.92 Å². The number of imidazole rings is 1. The summed E-state index contributed by atoms with van der Waals surface area (Å²) in [5.41, 5.74) is 2.59. The number of aromatic nitrogens is 2. The standard InChI is InChI=1S/C13H23N3/c1-9-12(13(2,3)4)16-11(15-9)7-10-5-6-14-8-10/h10,14H,5-8H2,1-4H3,(H,15,16). The fourth-order valence-corrected chi connectivity index (χ4v) is 2.51. The Morgan fingerprint density at radius 3 is 2.62 bits per heavy atom. The largest absolute Gasteiger partial charge is 0.346 e. The minimum Gasteiger partial charge on any atom is -0.346 e. The monoisotopic (exact) mass is 221 g/mol. The van der Waals surface area contributed by atoms with Crippen molar-refractivity contribution in [3.05, 3.63) is 17.2 Å². The van der Waals surface area contributed by atoms with Gasteiger partial charge in [-0.05, 0) is 32.4 Å². The lowest BCUT2D eigenvalue weighted by molar-refractivity contribution is 0.550. The van der Waals surface area contributed by atoms with E-state index in [1.54, 1.807) is 0 Å². The van der Waals surface area contributed by atoms with Crippen molar-refractivity contribution >= 4 is 0 Å². The smallest absolute Gasteiger partial charge is 0.106 e. The van der Waals surface area contributed by atoms with E-state index in [0.29, 0.717) is 0 Å². The SMILES string of the molecule is Cc1[nH]c(CC2CCNC2)nc1C(C)(C)C. The van der Waals surface area contributed by atoms with Crippen molar-refractivity contribution in [3.8, 4) is 0 Å². The summed E-state index contributed by atoms with van der Waals surface area (Å²) in [6.45, 7) is 11.1. The van der Waals surface area contributed by atoms with Crippen LogP contribution in [-0.2, 0) is 11.8 Å². The predicted octanol–water partition coefficient (Wildman–Crippen LogP) is 2.17. The first-order valence-corrected chi connectivity index (χ1v) is 6.23. The topological polar surface area (TPSA) is 40.7 Å². The lowest BCUT2D eigenvalue weighted by Crippen LogP contribution is -2.14. The van der Waals surface area contributed by atoms with Crippen LogP contribution < -0.4 is 5.32 Å². The molecule has 2 heterocycles. The molecule has 16 heavy (non-hydrogen) atoms.